The van der Waals surface area contributed by atoms with Crippen LogP contribution in [0.3, 0.4) is 0 Å². The van der Waals surface area contributed by atoms with Gasteiger partial charge < -0.3 is 10.1 Å². The van der Waals surface area contributed by atoms with E-state index >= 15 is 0 Å². The molecular formula is C12H21N3O. The molecule has 2 heterocycles. The van der Waals surface area contributed by atoms with Crippen LogP contribution in [0, 0.1) is 12.8 Å². The van der Waals surface area contributed by atoms with E-state index in [9.17, 15) is 0 Å². The first kappa shape index (κ1) is 11.6. The highest BCUT2D eigenvalue weighted by atomic mass is 16.5. The van der Waals surface area contributed by atoms with Crippen molar-refractivity contribution in [3.63, 3.8) is 0 Å². The molecule has 0 spiro atoms. The lowest BCUT2D eigenvalue weighted by Gasteiger charge is -2.22. The van der Waals surface area contributed by atoms with Crippen LogP contribution in [0.4, 0.5) is 0 Å². The van der Waals surface area contributed by atoms with E-state index < -0.39 is 0 Å². The number of nitrogens with zero attached hydrogens (tertiary/aromatic N) is 2. The summed E-state index contributed by atoms with van der Waals surface area (Å²) < 4.78 is 7.65. The van der Waals surface area contributed by atoms with Crippen LogP contribution in [0.5, 0.6) is 0 Å². The molecule has 16 heavy (non-hydrogen) atoms. The van der Waals surface area contributed by atoms with E-state index in [1.54, 1.807) is 0 Å². The Bertz CT molecular complexity index is 329. The fourth-order valence-corrected chi connectivity index (χ4v) is 2.20. The second-order valence-electron chi connectivity index (χ2n) is 4.63. The van der Waals surface area contributed by atoms with Crippen LogP contribution in [-0.2, 0) is 18.4 Å². The molecule has 1 aliphatic heterocycles. The van der Waals surface area contributed by atoms with Gasteiger partial charge in [0.1, 0.15) is 0 Å². The smallest absolute Gasteiger partial charge is 0.0884 e. The Morgan fingerprint density at radius 2 is 2.50 bits per heavy atom. The van der Waals surface area contributed by atoms with Crippen molar-refractivity contribution < 1.29 is 4.74 Å². The summed E-state index contributed by atoms with van der Waals surface area (Å²) in [5.41, 5.74) is 2.21. The van der Waals surface area contributed by atoms with Crippen molar-refractivity contribution in [2.45, 2.75) is 26.4 Å². The predicted octanol–water partition coefficient (Wildman–Crippen LogP) is 1.24. The monoisotopic (exact) mass is 223 g/mol. The number of hydrogen-bond acceptors (Lipinski definition) is 3. The number of nitrogens with one attached hydrogen (secondary N) is 1. The predicted molar refractivity (Wildman–Crippen MR) is 63.2 cm³/mol. The minimum atomic E-state index is 0.674. The average Bonchev–Trinajstić information content (AvgIpc) is 2.59. The molecule has 4 nitrogen and oxygen atoms in total. The Balaban J connectivity index is 1.73. The number of rotatable bonds is 4. The summed E-state index contributed by atoms with van der Waals surface area (Å²) in [6, 6.07) is 2.08. The molecule has 1 aliphatic rings. The summed E-state index contributed by atoms with van der Waals surface area (Å²) in [6.07, 6.45) is 2.57. The van der Waals surface area contributed by atoms with Gasteiger partial charge in [0, 0.05) is 13.6 Å². The Morgan fingerprint density at radius 1 is 1.62 bits per heavy atom. The molecule has 0 radical (unpaired) electrons. The minimum absolute atomic E-state index is 0.674. The van der Waals surface area contributed by atoms with Crippen LogP contribution in [0.1, 0.15) is 24.2 Å². The fourth-order valence-electron chi connectivity index (χ4n) is 2.20. The Morgan fingerprint density at radius 3 is 3.12 bits per heavy atom. The van der Waals surface area contributed by atoms with E-state index in [0.717, 1.165) is 31.1 Å². The maximum Gasteiger partial charge on any atom is 0.0884 e. The van der Waals surface area contributed by atoms with Gasteiger partial charge >= 0.3 is 0 Å². The van der Waals surface area contributed by atoms with Gasteiger partial charge in [0.05, 0.1) is 24.6 Å². The number of aromatic nitrogens is 2. The first-order valence-electron chi connectivity index (χ1n) is 6.03. The molecule has 1 fully saturated rings. The number of ether oxygens (including phenoxy) is 1. The summed E-state index contributed by atoms with van der Waals surface area (Å²) in [5.74, 6) is 0.683. The van der Waals surface area contributed by atoms with Gasteiger partial charge in [-0.15, -0.1) is 0 Å². The van der Waals surface area contributed by atoms with Crippen molar-refractivity contribution in [1.82, 2.24) is 15.1 Å². The highest BCUT2D eigenvalue weighted by molar-refractivity contribution is 5.07. The summed E-state index contributed by atoms with van der Waals surface area (Å²) in [5, 5.41) is 7.70. The van der Waals surface area contributed by atoms with Crippen LogP contribution in [0.25, 0.3) is 0 Å². The highest BCUT2D eigenvalue weighted by Gasteiger charge is 2.13. The third-order valence-corrected chi connectivity index (χ3v) is 3.10. The molecule has 1 saturated heterocycles. The first-order valence-corrected chi connectivity index (χ1v) is 6.03. The number of piperidine rings is 1. The van der Waals surface area contributed by atoms with Crippen LogP contribution >= 0.6 is 0 Å². The SMILES string of the molecule is Cc1cc(COCC2CCCNC2)n(C)n1. The number of aryl methyl sites for hydroxylation is 2. The molecule has 1 aromatic rings. The van der Waals surface area contributed by atoms with Gasteiger partial charge in [0.15, 0.2) is 0 Å². The van der Waals surface area contributed by atoms with Gasteiger partial charge in [-0.05, 0) is 38.3 Å². The first-order chi connectivity index (χ1) is 7.75. The molecule has 0 bridgehead atoms. The maximum absolute atomic E-state index is 5.75. The Hall–Kier alpha value is -0.870. The molecule has 0 aromatic carbocycles. The van der Waals surface area contributed by atoms with E-state index in [2.05, 4.69) is 16.5 Å². The standard InChI is InChI=1S/C12H21N3O/c1-10-6-12(15(2)14-10)9-16-8-11-4-3-5-13-7-11/h6,11,13H,3-5,7-9H2,1-2H3. The van der Waals surface area contributed by atoms with Gasteiger partial charge in [-0.3, -0.25) is 4.68 Å². The van der Waals surface area contributed by atoms with Gasteiger partial charge in [-0.25, -0.2) is 0 Å². The molecule has 4 heteroatoms. The Labute approximate surface area is 97.0 Å². The van der Waals surface area contributed by atoms with Gasteiger partial charge in [0.25, 0.3) is 0 Å². The van der Waals surface area contributed by atoms with Gasteiger partial charge in [-0.2, -0.15) is 5.10 Å². The van der Waals surface area contributed by atoms with Crippen LogP contribution in [-0.4, -0.2) is 29.5 Å². The maximum atomic E-state index is 5.75. The van der Waals surface area contributed by atoms with Gasteiger partial charge in [-0.1, -0.05) is 0 Å². The summed E-state index contributed by atoms with van der Waals surface area (Å²) in [7, 11) is 1.97. The van der Waals surface area contributed by atoms with Crippen LogP contribution in [0.15, 0.2) is 6.07 Å². The zero-order chi connectivity index (χ0) is 11.4. The Kier molecular flexibility index (Phi) is 3.96. The topological polar surface area (TPSA) is 39.1 Å². The van der Waals surface area contributed by atoms with Gasteiger partial charge in [0.2, 0.25) is 0 Å². The molecular weight excluding hydrogens is 202 g/mol. The second-order valence-corrected chi connectivity index (χ2v) is 4.63. The van der Waals surface area contributed by atoms with E-state index in [1.165, 1.54) is 12.8 Å². The fraction of sp³-hybridized carbons (Fsp3) is 0.750. The molecule has 1 unspecified atom stereocenters. The lowest BCUT2D eigenvalue weighted by molar-refractivity contribution is 0.0745. The normalized spacial score (nSPS) is 21.2. The third-order valence-electron chi connectivity index (χ3n) is 3.10. The van der Waals surface area contributed by atoms with Crippen molar-refractivity contribution in [2.24, 2.45) is 13.0 Å². The minimum Gasteiger partial charge on any atom is -0.375 e. The van der Waals surface area contributed by atoms with Crippen molar-refractivity contribution in [3.05, 3.63) is 17.5 Å². The van der Waals surface area contributed by atoms with E-state index in [-0.39, 0.29) is 0 Å². The molecule has 1 N–H and O–H groups in total. The zero-order valence-corrected chi connectivity index (χ0v) is 10.2. The molecule has 0 saturated carbocycles. The van der Waals surface area contributed by atoms with Crippen molar-refractivity contribution in [3.8, 4) is 0 Å². The quantitative estimate of drug-likeness (QED) is 0.835. The summed E-state index contributed by atoms with van der Waals surface area (Å²) in [4.78, 5) is 0. The highest BCUT2D eigenvalue weighted by Crippen LogP contribution is 2.11. The zero-order valence-electron chi connectivity index (χ0n) is 10.2. The molecule has 90 valence electrons. The van der Waals surface area contributed by atoms with Crippen molar-refractivity contribution >= 4 is 0 Å². The number of hydrogen-bond donors (Lipinski definition) is 1. The van der Waals surface area contributed by atoms with Crippen molar-refractivity contribution in [2.75, 3.05) is 19.7 Å². The van der Waals surface area contributed by atoms with E-state index in [1.807, 2.05) is 18.7 Å². The lowest BCUT2D eigenvalue weighted by atomic mass is 10.0. The third kappa shape index (κ3) is 3.06. The molecule has 2 rings (SSSR count). The molecule has 0 aliphatic carbocycles. The largest absolute Gasteiger partial charge is 0.375 e. The van der Waals surface area contributed by atoms with E-state index in [0.29, 0.717) is 12.5 Å². The van der Waals surface area contributed by atoms with Crippen LogP contribution < -0.4 is 5.32 Å². The average molecular weight is 223 g/mol. The summed E-state index contributed by atoms with van der Waals surface area (Å²) in [6.45, 7) is 5.81. The molecule has 0 amide bonds. The second kappa shape index (κ2) is 5.46. The molecule has 1 atom stereocenters. The molecule has 1 aromatic heterocycles. The summed E-state index contributed by atoms with van der Waals surface area (Å²) >= 11 is 0. The lowest BCUT2D eigenvalue weighted by Crippen LogP contribution is -2.32. The van der Waals surface area contributed by atoms with E-state index in [4.69, 9.17) is 4.74 Å². The van der Waals surface area contributed by atoms with Crippen LogP contribution in [0.2, 0.25) is 0 Å². The van der Waals surface area contributed by atoms with Crippen molar-refractivity contribution in [1.29, 1.82) is 0 Å².